The molecule has 0 amide bonds. The van der Waals surface area contributed by atoms with Crippen LogP contribution < -0.4 is 14.5 Å². The number of anilines is 3. The minimum absolute atomic E-state index is 0.0469. The number of hydrogen-bond acceptors (Lipinski definition) is 4. The van der Waals surface area contributed by atoms with E-state index in [-0.39, 0.29) is 5.41 Å². The number of pyridine rings is 1. The van der Waals surface area contributed by atoms with Crippen LogP contribution in [-0.4, -0.2) is 23.3 Å². The first-order chi connectivity index (χ1) is 27.6. The largest absolute Gasteiger partial charge is 0.457 e. The van der Waals surface area contributed by atoms with Crippen LogP contribution in [-0.2, 0) is 5.41 Å². The van der Waals surface area contributed by atoms with Crippen LogP contribution in [0.25, 0.3) is 38.4 Å². The number of aromatic nitrogens is 2. The van der Waals surface area contributed by atoms with Crippen molar-refractivity contribution < 1.29 is 4.74 Å². The van der Waals surface area contributed by atoms with E-state index in [9.17, 15) is 0 Å². The van der Waals surface area contributed by atoms with Gasteiger partial charge >= 0.3 is 0 Å². The number of nitrogens with zero attached hydrogens (tertiary/aromatic N) is 4. The second-order valence-corrected chi connectivity index (χ2v) is 17.0. The molecule has 4 fully saturated rings. The van der Waals surface area contributed by atoms with Gasteiger partial charge in [-0.1, -0.05) is 78.9 Å². The number of ether oxygens (including phenoxy) is 1. The minimum Gasteiger partial charge on any atom is -0.457 e. The number of hydrogen-bond donors (Lipinski definition) is 0. The number of fused-ring (bicyclic) bond motifs is 5. The average molecular weight is 729 g/mol. The fourth-order valence-corrected chi connectivity index (χ4v) is 12.1. The summed E-state index contributed by atoms with van der Waals surface area (Å²) in [6.07, 6.45) is 8.82. The van der Waals surface area contributed by atoms with Crippen LogP contribution in [0.2, 0.25) is 0 Å². The zero-order chi connectivity index (χ0) is 37.0. The number of rotatable bonds is 6. The van der Waals surface area contributed by atoms with Crippen molar-refractivity contribution >= 4 is 49.6 Å². The molecule has 1 aliphatic heterocycles. The minimum atomic E-state index is -0.0469. The van der Waals surface area contributed by atoms with Crippen LogP contribution in [0, 0.1) is 23.7 Å². The highest BCUT2D eigenvalue weighted by Gasteiger charge is 2.59. The molecule has 8 aromatic rings. The molecule has 5 aliphatic rings. The van der Waals surface area contributed by atoms with Crippen LogP contribution in [0.15, 0.2) is 152 Å². The Kier molecular flexibility index (Phi) is 7.02. The highest BCUT2D eigenvalue weighted by molar-refractivity contribution is 6.09. The lowest BCUT2D eigenvalue weighted by molar-refractivity contribution is -0.0412. The van der Waals surface area contributed by atoms with Gasteiger partial charge in [-0.15, -0.1) is 0 Å². The third-order valence-electron chi connectivity index (χ3n) is 14.1. The van der Waals surface area contributed by atoms with E-state index in [2.05, 4.69) is 173 Å². The third-order valence-corrected chi connectivity index (χ3v) is 14.1. The SMILES string of the molecule is CN1CN(c2cccc(Oc3ccc4c5ccccc5n(-c5cc(C6(c7cccc8ccccc78)C7CC8CC(C7)CC6C8)ccn5)c4c3)c2)c2ccccc21. The first-order valence-corrected chi connectivity index (χ1v) is 20.5. The first kappa shape index (κ1) is 32.2. The predicted octanol–water partition coefficient (Wildman–Crippen LogP) is 12.4. The van der Waals surface area contributed by atoms with Crippen LogP contribution in [0.4, 0.5) is 17.1 Å². The molecule has 56 heavy (non-hydrogen) atoms. The Morgan fingerprint density at radius 2 is 1.29 bits per heavy atom. The standard InChI is InChI=1S/C51H44N4O/c1-53-32-54(48-19-7-6-18-47(48)53)39-12-9-13-40(30-39)56-41-20-21-44-43-15-4-5-17-46(43)55(49(44)31-41)50-29-36(22-23-52-50)51(37-25-33-24-34(27-37)28-38(51)26-33)45-16-8-11-35-10-2-3-14-42(35)45/h2-23,29-31,33-34,37-38H,24-28,32H2,1H3. The fourth-order valence-electron chi connectivity index (χ4n) is 12.1. The Bertz CT molecular complexity index is 2800. The van der Waals surface area contributed by atoms with Gasteiger partial charge in [-0.05, 0) is 132 Å². The molecule has 4 saturated carbocycles. The van der Waals surface area contributed by atoms with Crippen molar-refractivity contribution in [1.29, 1.82) is 0 Å². The molecule has 0 N–H and O–H groups in total. The average Bonchev–Trinajstić information content (AvgIpc) is 3.75. The second kappa shape index (κ2) is 12.2. The molecule has 5 heteroatoms. The molecule has 274 valence electrons. The van der Waals surface area contributed by atoms with Gasteiger partial charge in [0, 0.05) is 47.3 Å². The van der Waals surface area contributed by atoms with E-state index in [0.717, 1.165) is 52.5 Å². The molecule has 0 spiro atoms. The summed E-state index contributed by atoms with van der Waals surface area (Å²) in [6.45, 7) is 0.797. The molecule has 2 aromatic heterocycles. The van der Waals surface area contributed by atoms with E-state index in [4.69, 9.17) is 9.72 Å². The van der Waals surface area contributed by atoms with E-state index < -0.39 is 0 Å². The topological polar surface area (TPSA) is 33.5 Å². The zero-order valence-corrected chi connectivity index (χ0v) is 31.7. The summed E-state index contributed by atoms with van der Waals surface area (Å²) in [5.41, 5.74) is 8.72. The first-order valence-electron chi connectivity index (χ1n) is 20.5. The van der Waals surface area contributed by atoms with Crippen molar-refractivity contribution in [3.63, 3.8) is 0 Å². The van der Waals surface area contributed by atoms with Crippen molar-refractivity contribution in [3.8, 4) is 17.3 Å². The summed E-state index contributed by atoms with van der Waals surface area (Å²) in [5.74, 6) is 5.58. The zero-order valence-electron chi connectivity index (χ0n) is 31.7. The van der Waals surface area contributed by atoms with E-state index in [1.165, 1.54) is 76.2 Å². The summed E-state index contributed by atoms with van der Waals surface area (Å²) in [7, 11) is 2.14. The highest BCUT2D eigenvalue weighted by atomic mass is 16.5. The summed E-state index contributed by atoms with van der Waals surface area (Å²) in [4.78, 5) is 9.82. The predicted molar refractivity (Wildman–Crippen MR) is 229 cm³/mol. The second-order valence-electron chi connectivity index (χ2n) is 17.0. The van der Waals surface area contributed by atoms with Gasteiger partial charge in [-0.3, -0.25) is 4.57 Å². The molecule has 0 unspecified atom stereocenters. The maximum absolute atomic E-state index is 6.71. The molecule has 0 atom stereocenters. The van der Waals surface area contributed by atoms with E-state index >= 15 is 0 Å². The lowest BCUT2D eigenvalue weighted by atomic mass is 9.42. The Morgan fingerprint density at radius 1 is 0.589 bits per heavy atom. The molecule has 13 rings (SSSR count). The quantitative estimate of drug-likeness (QED) is 0.171. The van der Waals surface area contributed by atoms with E-state index in [0.29, 0.717) is 11.8 Å². The van der Waals surface area contributed by atoms with Gasteiger partial charge in [-0.2, -0.15) is 0 Å². The summed E-state index contributed by atoms with van der Waals surface area (Å²) in [6, 6.07) is 53.3. The Labute approximate surface area is 327 Å². The summed E-state index contributed by atoms with van der Waals surface area (Å²) >= 11 is 0. The van der Waals surface area contributed by atoms with Crippen molar-refractivity contribution in [2.75, 3.05) is 23.5 Å². The monoisotopic (exact) mass is 728 g/mol. The maximum atomic E-state index is 6.71. The van der Waals surface area contributed by atoms with Gasteiger partial charge in [0.25, 0.3) is 0 Å². The maximum Gasteiger partial charge on any atom is 0.137 e. The molecular formula is C51H44N4O. The fraction of sp³-hybridized carbons (Fsp3) is 0.235. The van der Waals surface area contributed by atoms with Gasteiger partial charge < -0.3 is 14.5 Å². The van der Waals surface area contributed by atoms with Crippen LogP contribution in [0.3, 0.4) is 0 Å². The molecule has 0 saturated heterocycles. The molecule has 0 radical (unpaired) electrons. The van der Waals surface area contributed by atoms with Gasteiger partial charge in [0.15, 0.2) is 0 Å². The van der Waals surface area contributed by atoms with Gasteiger partial charge in [0.05, 0.1) is 29.1 Å². The molecule has 5 nitrogen and oxygen atoms in total. The highest BCUT2D eigenvalue weighted by Crippen LogP contribution is 2.66. The summed E-state index contributed by atoms with van der Waals surface area (Å²) in [5, 5.41) is 5.16. The molecule has 6 aromatic carbocycles. The van der Waals surface area contributed by atoms with Crippen molar-refractivity contribution in [2.45, 2.75) is 37.5 Å². The van der Waals surface area contributed by atoms with Crippen molar-refractivity contribution in [1.82, 2.24) is 9.55 Å². The Morgan fingerprint density at radius 3 is 2.14 bits per heavy atom. The molecular weight excluding hydrogens is 685 g/mol. The van der Waals surface area contributed by atoms with Gasteiger partial charge in [-0.25, -0.2) is 4.98 Å². The lowest BCUT2D eigenvalue weighted by Gasteiger charge is -2.62. The van der Waals surface area contributed by atoms with Crippen LogP contribution in [0.1, 0.15) is 43.2 Å². The van der Waals surface area contributed by atoms with E-state index in [1.807, 2.05) is 0 Å². The van der Waals surface area contributed by atoms with Crippen molar-refractivity contribution in [2.24, 2.45) is 23.7 Å². The Balaban J connectivity index is 0.986. The number of para-hydroxylation sites is 3. The lowest BCUT2D eigenvalue weighted by Crippen LogP contribution is -2.56. The van der Waals surface area contributed by atoms with Gasteiger partial charge in [0.2, 0.25) is 0 Å². The van der Waals surface area contributed by atoms with Gasteiger partial charge in [0.1, 0.15) is 17.3 Å². The van der Waals surface area contributed by atoms with Crippen molar-refractivity contribution in [3.05, 3.63) is 163 Å². The van der Waals surface area contributed by atoms with Crippen LogP contribution in [0.5, 0.6) is 11.5 Å². The van der Waals surface area contributed by atoms with Crippen LogP contribution >= 0.6 is 0 Å². The number of benzene rings is 6. The van der Waals surface area contributed by atoms with E-state index in [1.54, 1.807) is 0 Å². The normalized spacial score (nSPS) is 23.7. The molecule has 4 bridgehead atoms. The molecule has 4 aliphatic carbocycles. The summed E-state index contributed by atoms with van der Waals surface area (Å²) < 4.78 is 9.09. The smallest absolute Gasteiger partial charge is 0.137 e. The third kappa shape index (κ3) is 4.70. The molecule has 3 heterocycles. The Hall–Kier alpha value is -6.07.